The van der Waals surface area contributed by atoms with Gasteiger partial charge in [0, 0.05) is 0 Å². The van der Waals surface area contributed by atoms with E-state index in [1.807, 2.05) is 12.1 Å². The summed E-state index contributed by atoms with van der Waals surface area (Å²) in [6.45, 7) is 2.72. The zero-order chi connectivity index (χ0) is 18.1. The van der Waals surface area contributed by atoms with Crippen LogP contribution in [0.15, 0.2) is 47.6 Å². The summed E-state index contributed by atoms with van der Waals surface area (Å²) >= 11 is 5.99. The van der Waals surface area contributed by atoms with Crippen LogP contribution in [0, 0.1) is 0 Å². The van der Waals surface area contributed by atoms with E-state index in [2.05, 4.69) is 17.5 Å². The van der Waals surface area contributed by atoms with E-state index in [-0.39, 0.29) is 5.91 Å². The smallest absolute Gasteiger partial charge is 0.272 e. The van der Waals surface area contributed by atoms with Gasteiger partial charge in [0.1, 0.15) is 0 Å². The number of rotatable bonds is 8. The Bertz CT molecular complexity index is 747. The van der Waals surface area contributed by atoms with Crippen LogP contribution >= 0.6 is 11.6 Å². The molecule has 0 aliphatic carbocycles. The molecule has 0 saturated carbocycles. The first-order valence-corrected chi connectivity index (χ1v) is 8.42. The predicted octanol–water partition coefficient (Wildman–Crippen LogP) is 4.29. The molecule has 1 amide bonds. The van der Waals surface area contributed by atoms with Crippen LogP contribution in [0.2, 0.25) is 5.02 Å². The van der Waals surface area contributed by atoms with E-state index in [0.717, 1.165) is 18.4 Å². The Morgan fingerprint density at radius 2 is 2.04 bits per heavy atom. The van der Waals surface area contributed by atoms with Crippen molar-refractivity contribution in [2.75, 3.05) is 13.7 Å². The summed E-state index contributed by atoms with van der Waals surface area (Å²) in [7, 11) is 1.60. The van der Waals surface area contributed by atoms with E-state index in [1.54, 1.807) is 43.7 Å². The van der Waals surface area contributed by atoms with Gasteiger partial charge in [0.15, 0.2) is 11.5 Å². The molecule has 132 valence electrons. The van der Waals surface area contributed by atoms with E-state index in [1.165, 1.54) is 0 Å². The molecule has 0 aliphatic heterocycles. The number of benzene rings is 2. The lowest BCUT2D eigenvalue weighted by Crippen LogP contribution is -2.17. The maximum Gasteiger partial charge on any atom is 0.272 e. The fraction of sp³-hybridized carbons (Fsp3) is 0.263. The second-order valence-corrected chi connectivity index (χ2v) is 5.70. The SMILES string of the molecule is CCCCOc1cc(/C=N\NC(=O)c2ccccc2Cl)ccc1OC. The van der Waals surface area contributed by atoms with Crippen LogP contribution in [-0.2, 0) is 0 Å². The summed E-state index contributed by atoms with van der Waals surface area (Å²) in [5.41, 5.74) is 3.62. The third-order valence-corrected chi connectivity index (χ3v) is 3.77. The first-order chi connectivity index (χ1) is 12.2. The Morgan fingerprint density at radius 1 is 1.24 bits per heavy atom. The summed E-state index contributed by atoms with van der Waals surface area (Å²) in [4.78, 5) is 12.0. The molecule has 25 heavy (non-hydrogen) atoms. The van der Waals surface area contributed by atoms with Crippen LogP contribution in [-0.4, -0.2) is 25.8 Å². The molecule has 0 fully saturated rings. The highest BCUT2D eigenvalue weighted by Crippen LogP contribution is 2.27. The largest absolute Gasteiger partial charge is 0.493 e. The van der Waals surface area contributed by atoms with Gasteiger partial charge in [0.25, 0.3) is 5.91 Å². The lowest BCUT2D eigenvalue weighted by molar-refractivity contribution is 0.0955. The standard InChI is InChI=1S/C19H21ClN2O3/c1-3-4-11-25-18-12-14(9-10-17(18)24-2)13-21-22-19(23)15-7-5-6-8-16(15)20/h5-10,12-13H,3-4,11H2,1-2H3,(H,22,23)/b21-13-. The average molecular weight is 361 g/mol. The molecule has 0 bridgehead atoms. The quantitative estimate of drug-likeness (QED) is 0.434. The minimum absolute atomic E-state index is 0.366. The maximum absolute atomic E-state index is 12.0. The van der Waals surface area contributed by atoms with Crippen molar-refractivity contribution in [1.82, 2.24) is 5.43 Å². The number of nitrogens with zero attached hydrogens (tertiary/aromatic N) is 1. The molecular weight excluding hydrogens is 340 g/mol. The van der Waals surface area contributed by atoms with Crippen LogP contribution in [0.4, 0.5) is 0 Å². The maximum atomic E-state index is 12.0. The van der Waals surface area contributed by atoms with Gasteiger partial charge >= 0.3 is 0 Å². The van der Waals surface area contributed by atoms with Crippen molar-refractivity contribution < 1.29 is 14.3 Å². The van der Waals surface area contributed by atoms with Crippen LogP contribution in [0.25, 0.3) is 0 Å². The molecule has 0 aliphatic rings. The van der Waals surface area contributed by atoms with Gasteiger partial charge in [0.05, 0.1) is 30.5 Å². The summed E-state index contributed by atoms with van der Waals surface area (Å²) < 4.78 is 11.0. The molecule has 2 aromatic rings. The molecule has 5 nitrogen and oxygen atoms in total. The molecule has 0 unspecified atom stereocenters. The summed E-state index contributed by atoms with van der Waals surface area (Å²) in [5.74, 6) is 0.945. The van der Waals surface area contributed by atoms with E-state index in [9.17, 15) is 4.79 Å². The minimum Gasteiger partial charge on any atom is -0.493 e. The van der Waals surface area contributed by atoms with Crippen molar-refractivity contribution in [3.63, 3.8) is 0 Å². The van der Waals surface area contributed by atoms with Crippen LogP contribution in [0.3, 0.4) is 0 Å². The van der Waals surface area contributed by atoms with Gasteiger partial charge in [0.2, 0.25) is 0 Å². The van der Waals surface area contributed by atoms with E-state index in [4.69, 9.17) is 21.1 Å². The van der Waals surface area contributed by atoms with Gasteiger partial charge in [-0.2, -0.15) is 5.10 Å². The van der Waals surface area contributed by atoms with Crippen molar-refractivity contribution in [1.29, 1.82) is 0 Å². The first kappa shape index (κ1) is 18.8. The van der Waals surface area contributed by atoms with Gasteiger partial charge in [-0.3, -0.25) is 4.79 Å². The third kappa shape index (κ3) is 5.50. The molecule has 0 spiro atoms. The fourth-order valence-electron chi connectivity index (χ4n) is 2.08. The van der Waals surface area contributed by atoms with E-state index >= 15 is 0 Å². The number of halogens is 1. The third-order valence-electron chi connectivity index (χ3n) is 3.44. The Balaban J connectivity index is 2.04. The highest BCUT2D eigenvalue weighted by molar-refractivity contribution is 6.33. The summed E-state index contributed by atoms with van der Waals surface area (Å²) in [5, 5.41) is 4.35. The van der Waals surface area contributed by atoms with E-state index in [0.29, 0.717) is 28.7 Å². The van der Waals surface area contributed by atoms with Crippen LogP contribution in [0.1, 0.15) is 35.7 Å². The highest BCUT2D eigenvalue weighted by atomic mass is 35.5. The highest BCUT2D eigenvalue weighted by Gasteiger charge is 2.08. The Hall–Kier alpha value is -2.53. The molecule has 2 rings (SSSR count). The molecule has 0 heterocycles. The molecule has 0 atom stereocenters. The number of carbonyl (C=O) groups is 1. The first-order valence-electron chi connectivity index (χ1n) is 8.04. The number of hydrazone groups is 1. The molecule has 0 aromatic heterocycles. The zero-order valence-corrected chi connectivity index (χ0v) is 15.0. The van der Waals surface area contributed by atoms with Gasteiger partial charge in [-0.1, -0.05) is 37.1 Å². The summed E-state index contributed by atoms with van der Waals surface area (Å²) in [6, 6.07) is 12.3. The fourth-order valence-corrected chi connectivity index (χ4v) is 2.31. The number of methoxy groups -OCH3 is 1. The molecular formula is C19H21ClN2O3. The second kappa shape index (κ2) is 9.69. The minimum atomic E-state index is -0.366. The van der Waals surface area contributed by atoms with Crippen molar-refractivity contribution in [3.8, 4) is 11.5 Å². The zero-order valence-electron chi connectivity index (χ0n) is 14.3. The van der Waals surface area contributed by atoms with Gasteiger partial charge in [-0.25, -0.2) is 5.43 Å². The van der Waals surface area contributed by atoms with Crippen molar-refractivity contribution >= 4 is 23.7 Å². The number of hydrogen-bond donors (Lipinski definition) is 1. The van der Waals surface area contributed by atoms with Crippen LogP contribution < -0.4 is 14.9 Å². The normalized spacial score (nSPS) is 10.7. The Labute approximate surface area is 152 Å². The van der Waals surface area contributed by atoms with Crippen molar-refractivity contribution in [3.05, 3.63) is 58.6 Å². The monoisotopic (exact) mass is 360 g/mol. The topological polar surface area (TPSA) is 59.9 Å². The van der Waals surface area contributed by atoms with Crippen molar-refractivity contribution in [2.45, 2.75) is 19.8 Å². The van der Waals surface area contributed by atoms with Gasteiger partial charge < -0.3 is 9.47 Å². The van der Waals surface area contributed by atoms with E-state index < -0.39 is 0 Å². The van der Waals surface area contributed by atoms with Crippen LogP contribution in [0.5, 0.6) is 11.5 Å². The molecule has 1 N–H and O–H groups in total. The van der Waals surface area contributed by atoms with Crippen molar-refractivity contribution in [2.24, 2.45) is 5.10 Å². The number of amides is 1. The molecule has 0 saturated heterocycles. The number of carbonyl (C=O) groups excluding carboxylic acids is 1. The number of hydrogen-bond acceptors (Lipinski definition) is 4. The predicted molar refractivity (Wildman–Crippen MR) is 99.9 cm³/mol. The lowest BCUT2D eigenvalue weighted by Gasteiger charge is -2.10. The Morgan fingerprint density at radius 3 is 2.76 bits per heavy atom. The molecule has 0 radical (unpaired) electrons. The second-order valence-electron chi connectivity index (χ2n) is 5.29. The van der Waals surface area contributed by atoms with Gasteiger partial charge in [-0.15, -0.1) is 0 Å². The number of ether oxygens (including phenoxy) is 2. The lowest BCUT2D eigenvalue weighted by atomic mass is 10.2. The Kier molecular flexibility index (Phi) is 7.29. The number of unbranched alkanes of at least 4 members (excludes halogenated alkanes) is 1. The summed E-state index contributed by atoms with van der Waals surface area (Å²) in [6.07, 6.45) is 3.56. The van der Waals surface area contributed by atoms with Gasteiger partial charge in [-0.05, 0) is 42.3 Å². The average Bonchev–Trinajstić information content (AvgIpc) is 2.62. The number of nitrogens with one attached hydrogen (secondary N) is 1. The molecule has 2 aromatic carbocycles. The molecule has 6 heteroatoms.